The van der Waals surface area contributed by atoms with Gasteiger partial charge in [0.2, 0.25) is 0 Å². The van der Waals surface area contributed by atoms with E-state index in [1.807, 2.05) is 32.0 Å². The average Bonchev–Trinajstić information content (AvgIpc) is 3.17. The number of hydrogen-bond donors (Lipinski definition) is 0. The largest absolute Gasteiger partial charge is 0.465 e. The number of fused-ring (bicyclic) bond motifs is 1. The summed E-state index contributed by atoms with van der Waals surface area (Å²) in [7, 11) is 1.31. The van der Waals surface area contributed by atoms with Crippen LogP contribution in [-0.2, 0) is 14.3 Å². The highest BCUT2D eigenvalue weighted by molar-refractivity contribution is 7.07. The van der Waals surface area contributed by atoms with Crippen LogP contribution in [0.5, 0.6) is 0 Å². The van der Waals surface area contributed by atoms with Crippen LogP contribution in [0.3, 0.4) is 0 Å². The summed E-state index contributed by atoms with van der Waals surface area (Å²) in [5.41, 5.74) is 2.14. The number of ether oxygens (including phenoxy) is 2. The third-order valence-electron chi connectivity index (χ3n) is 5.63. The van der Waals surface area contributed by atoms with Gasteiger partial charge < -0.3 is 9.47 Å². The van der Waals surface area contributed by atoms with Crippen LogP contribution < -0.4 is 14.9 Å². The second-order valence-electron chi connectivity index (χ2n) is 8.71. The third kappa shape index (κ3) is 5.05. The standard InChI is InChI=1S/C27H25ClN2O5S/c1-15(2)14-35-26(33)22-16(3)29-27-30(23(22)17-9-11-18(12-10-17)25(32)34-4)24(31)21(36-27)13-19-7-5-6-8-20(19)28/h5-13,15,23H,14H2,1-4H3. The maximum absolute atomic E-state index is 13.7. The SMILES string of the molecule is COC(=O)c1ccc(C2C(C(=O)OCC(C)C)=C(C)N=c3sc(=Cc4ccccc4Cl)c(=O)n32)cc1. The van der Waals surface area contributed by atoms with Crippen LogP contribution in [0, 0.1) is 5.92 Å². The van der Waals surface area contributed by atoms with Crippen molar-refractivity contribution in [2.75, 3.05) is 13.7 Å². The van der Waals surface area contributed by atoms with Crippen LogP contribution in [-0.4, -0.2) is 30.2 Å². The number of hydrogen-bond acceptors (Lipinski definition) is 7. The first-order valence-corrected chi connectivity index (χ1v) is 12.5. The fraction of sp³-hybridized carbons (Fsp3) is 0.259. The van der Waals surface area contributed by atoms with E-state index in [1.54, 1.807) is 43.3 Å². The molecule has 0 fully saturated rings. The van der Waals surface area contributed by atoms with Crippen LogP contribution >= 0.6 is 22.9 Å². The van der Waals surface area contributed by atoms with Gasteiger partial charge in [0.1, 0.15) is 0 Å². The maximum atomic E-state index is 13.7. The van der Waals surface area contributed by atoms with Crippen molar-refractivity contribution in [1.29, 1.82) is 0 Å². The summed E-state index contributed by atoms with van der Waals surface area (Å²) in [6.45, 7) is 5.86. The van der Waals surface area contributed by atoms with E-state index < -0.39 is 18.0 Å². The van der Waals surface area contributed by atoms with Gasteiger partial charge in [-0.2, -0.15) is 0 Å². The Bertz CT molecular complexity index is 1530. The van der Waals surface area contributed by atoms with Crippen LogP contribution in [0.25, 0.3) is 6.08 Å². The molecule has 2 aromatic carbocycles. The molecule has 2 heterocycles. The zero-order valence-corrected chi connectivity index (χ0v) is 21.9. The fourth-order valence-corrected chi connectivity index (χ4v) is 5.10. The molecule has 1 aromatic heterocycles. The van der Waals surface area contributed by atoms with Gasteiger partial charge in [-0.1, -0.05) is 67.1 Å². The number of rotatable bonds is 6. The number of halogens is 1. The van der Waals surface area contributed by atoms with Gasteiger partial charge in [-0.05, 0) is 48.2 Å². The number of methoxy groups -OCH3 is 1. The molecule has 7 nitrogen and oxygen atoms in total. The number of esters is 2. The smallest absolute Gasteiger partial charge is 0.338 e. The fourth-order valence-electron chi connectivity index (χ4n) is 3.87. The van der Waals surface area contributed by atoms with Crippen molar-refractivity contribution < 1.29 is 19.1 Å². The quantitative estimate of drug-likeness (QED) is 0.457. The van der Waals surface area contributed by atoms with Crippen LogP contribution in [0.1, 0.15) is 48.3 Å². The minimum absolute atomic E-state index is 0.143. The Morgan fingerprint density at radius 2 is 1.83 bits per heavy atom. The predicted molar refractivity (Wildman–Crippen MR) is 139 cm³/mol. The molecule has 1 aliphatic rings. The summed E-state index contributed by atoms with van der Waals surface area (Å²) in [6, 6.07) is 13.1. The van der Waals surface area contributed by atoms with Gasteiger partial charge in [-0.3, -0.25) is 9.36 Å². The van der Waals surface area contributed by atoms with Gasteiger partial charge in [0, 0.05) is 5.02 Å². The molecule has 36 heavy (non-hydrogen) atoms. The molecule has 1 atom stereocenters. The molecule has 1 unspecified atom stereocenters. The Kier molecular flexibility index (Phi) is 7.56. The second-order valence-corrected chi connectivity index (χ2v) is 10.1. The van der Waals surface area contributed by atoms with E-state index in [9.17, 15) is 14.4 Å². The summed E-state index contributed by atoms with van der Waals surface area (Å²) in [5, 5.41) is 0.521. The van der Waals surface area contributed by atoms with Gasteiger partial charge in [0.15, 0.2) is 4.80 Å². The lowest BCUT2D eigenvalue weighted by Gasteiger charge is -2.25. The molecule has 0 aliphatic carbocycles. The van der Waals surface area contributed by atoms with Crippen molar-refractivity contribution in [1.82, 2.24) is 4.57 Å². The molecular formula is C27H25ClN2O5S. The van der Waals surface area contributed by atoms with Gasteiger partial charge >= 0.3 is 11.9 Å². The van der Waals surface area contributed by atoms with E-state index in [2.05, 4.69) is 4.99 Å². The van der Waals surface area contributed by atoms with Crippen molar-refractivity contribution in [3.63, 3.8) is 0 Å². The normalized spacial score (nSPS) is 15.5. The monoisotopic (exact) mass is 524 g/mol. The summed E-state index contributed by atoms with van der Waals surface area (Å²) >= 11 is 7.53. The molecular weight excluding hydrogens is 500 g/mol. The van der Waals surface area contributed by atoms with E-state index in [1.165, 1.54) is 23.0 Å². The number of thiazole rings is 1. The van der Waals surface area contributed by atoms with Crippen LogP contribution in [0.2, 0.25) is 5.02 Å². The van der Waals surface area contributed by atoms with Gasteiger partial charge in [-0.15, -0.1) is 0 Å². The molecule has 3 aromatic rings. The van der Waals surface area contributed by atoms with E-state index in [0.717, 1.165) is 0 Å². The first-order valence-electron chi connectivity index (χ1n) is 11.3. The van der Waals surface area contributed by atoms with Gasteiger partial charge in [0.05, 0.1) is 41.1 Å². The minimum Gasteiger partial charge on any atom is -0.465 e. The Morgan fingerprint density at radius 1 is 1.14 bits per heavy atom. The molecule has 186 valence electrons. The number of aromatic nitrogens is 1. The zero-order chi connectivity index (χ0) is 26.0. The first kappa shape index (κ1) is 25.6. The van der Waals surface area contributed by atoms with Crippen molar-refractivity contribution in [3.05, 3.63) is 101 Å². The Balaban J connectivity index is 1.90. The van der Waals surface area contributed by atoms with E-state index in [0.29, 0.717) is 36.7 Å². The van der Waals surface area contributed by atoms with Gasteiger partial charge in [-0.25, -0.2) is 14.6 Å². The predicted octanol–water partition coefficient (Wildman–Crippen LogP) is 3.87. The van der Waals surface area contributed by atoms with Crippen LogP contribution in [0.4, 0.5) is 0 Å². The highest BCUT2D eigenvalue weighted by Gasteiger charge is 2.33. The molecule has 4 rings (SSSR count). The second kappa shape index (κ2) is 10.6. The van der Waals surface area contributed by atoms with Crippen molar-refractivity contribution >= 4 is 41.0 Å². The number of carbonyl (C=O) groups excluding carboxylic acids is 2. The average molecular weight is 525 g/mol. The lowest BCUT2D eigenvalue weighted by atomic mass is 9.95. The highest BCUT2D eigenvalue weighted by Crippen LogP contribution is 2.31. The molecule has 0 spiro atoms. The van der Waals surface area contributed by atoms with Gasteiger partial charge in [0.25, 0.3) is 5.56 Å². The Labute approximate surface area is 217 Å². The Hall–Kier alpha value is -3.49. The lowest BCUT2D eigenvalue weighted by molar-refractivity contribution is -0.140. The molecule has 0 saturated carbocycles. The summed E-state index contributed by atoms with van der Waals surface area (Å²) in [5.74, 6) is -0.870. The molecule has 1 aliphatic heterocycles. The zero-order valence-electron chi connectivity index (χ0n) is 20.3. The summed E-state index contributed by atoms with van der Waals surface area (Å²) in [6.07, 6.45) is 1.72. The van der Waals surface area contributed by atoms with Crippen molar-refractivity contribution in [2.45, 2.75) is 26.8 Å². The third-order valence-corrected chi connectivity index (χ3v) is 6.96. The number of nitrogens with zero attached hydrogens (tertiary/aromatic N) is 2. The highest BCUT2D eigenvalue weighted by atomic mass is 35.5. The minimum atomic E-state index is -0.777. The van der Waals surface area contributed by atoms with E-state index >= 15 is 0 Å². The molecule has 0 bridgehead atoms. The van der Waals surface area contributed by atoms with E-state index in [4.69, 9.17) is 21.1 Å². The van der Waals surface area contributed by atoms with Crippen LogP contribution in [0.15, 0.2) is 69.6 Å². The number of benzene rings is 2. The van der Waals surface area contributed by atoms with Crippen molar-refractivity contribution in [3.8, 4) is 0 Å². The summed E-state index contributed by atoms with van der Waals surface area (Å²) < 4.78 is 12.3. The molecule has 0 saturated heterocycles. The van der Waals surface area contributed by atoms with E-state index in [-0.39, 0.29) is 23.7 Å². The first-order chi connectivity index (χ1) is 17.2. The summed E-state index contributed by atoms with van der Waals surface area (Å²) in [4.78, 5) is 43.9. The molecule has 0 N–H and O–H groups in total. The topological polar surface area (TPSA) is 87.0 Å². The molecule has 9 heteroatoms. The molecule has 0 radical (unpaired) electrons. The maximum Gasteiger partial charge on any atom is 0.338 e. The Morgan fingerprint density at radius 3 is 2.47 bits per heavy atom. The molecule has 0 amide bonds. The number of allylic oxidation sites excluding steroid dienone is 1. The van der Waals surface area contributed by atoms with Crippen molar-refractivity contribution in [2.24, 2.45) is 10.9 Å². The lowest BCUT2D eigenvalue weighted by Crippen LogP contribution is -2.40. The number of carbonyl (C=O) groups is 2.